The fourth-order valence-electron chi connectivity index (χ4n) is 3.84. The molecule has 150 valence electrons. The van der Waals surface area contributed by atoms with Crippen LogP contribution >= 0.6 is 0 Å². The fraction of sp³-hybridized carbons (Fsp3) is 0.900. The number of likely N-dealkylation sites (tertiary alicyclic amines) is 2. The minimum atomic E-state index is 0.324. The SMILES string of the molecule is CCNC(=NCCCN1CCCCCC1=O)NC1CN(C(C)C)CC1C. The standard InChI is InChI=1S/C20H39N5O/c1-5-21-20(23-18-15-25(16(2)3)14-17(18)4)22-11-9-13-24-12-8-6-7-10-19(24)26/h16-18H,5-15H2,1-4H3,(H2,21,22,23). The molecule has 0 saturated carbocycles. The van der Waals surface area contributed by atoms with E-state index in [-0.39, 0.29) is 0 Å². The maximum absolute atomic E-state index is 12.1. The van der Waals surface area contributed by atoms with Gasteiger partial charge in [-0.2, -0.15) is 0 Å². The Balaban J connectivity index is 1.79. The quantitative estimate of drug-likeness (QED) is 0.412. The smallest absolute Gasteiger partial charge is 0.222 e. The average molecular weight is 366 g/mol. The summed E-state index contributed by atoms with van der Waals surface area (Å²) in [4.78, 5) is 21.4. The number of nitrogens with zero attached hydrogens (tertiary/aromatic N) is 3. The second kappa shape index (κ2) is 10.8. The largest absolute Gasteiger partial charge is 0.357 e. The molecule has 2 unspecified atom stereocenters. The van der Waals surface area contributed by atoms with E-state index in [0.717, 1.165) is 70.9 Å². The fourth-order valence-corrected chi connectivity index (χ4v) is 3.84. The molecule has 2 atom stereocenters. The van der Waals surface area contributed by atoms with Crippen molar-refractivity contribution < 1.29 is 4.79 Å². The van der Waals surface area contributed by atoms with E-state index in [1.54, 1.807) is 0 Å². The van der Waals surface area contributed by atoms with Gasteiger partial charge in [0.25, 0.3) is 0 Å². The highest BCUT2D eigenvalue weighted by atomic mass is 16.2. The normalized spacial score (nSPS) is 25.7. The molecule has 2 saturated heterocycles. The molecule has 26 heavy (non-hydrogen) atoms. The molecule has 0 aliphatic carbocycles. The topological polar surface area (TPSA) is 60.0 Å². The summed E-state index contributed by atoms with van der Waals surface area (Å²) in [5.41, 5.74) is 0. The molecule has 0 aromatic heterocycles. The highest BCUT2D eigenvalue weighted by Gasteiger charge is 2.31. The molecule has 2 aliphatic heterocycles. The van der Waals surface area contributed by atoms with Crippen molar-refractivity contribution in [2.24, 2.45) is 10.9 Å². The molecule has 2 fully saturated rings. The average Bonchev–Trinajstić information content (AvgIpc) is 2.84. The number of carbonyl (C=O) groups is 1. The molecule has 2 rings (SSSR count). The van der Waals surface area contributed by atoms with Crippen LogP contribution in [0.3, 0.4) is 0 Å². The first-order valence-electron chi connectivity index (χ1n) is 10.6. The number of carbonyl (C=O) groups excluding carboxylic acids is 1. The van der Waals surface area contributed by atoms with Crippen molar-refractivity contribution in [1.82, 2.24) is 20.4 Å². The van der Waals surface area contributed by atoms with Gasteiger partial charge in [0.15, 0.2) is 5.96 Å². The Morgan fingerprint density at radius 2 is 2.08 bits per heavy atom. The van der Waals surface area contributed by atoms with Crippen LogP contribution in [0.2, 0.25) is 0 Å². The first-order chi connectivity index (χ1) is 12.5. The second-order valence-electron chi connectivity index (χ2n) is 8.08. The molecule has 2 aliphatic rings. The summed E-state index contributed by atoms with van der Waals surface area (Å²) in [5.74, 6) is 1.86. The Kier molecular flexibility index (Phi) is 8.69. The zero-order valence-corrected chi connectivity index (χ0v) is 17.3. The van der Waals surface area contributed by atoms with Gasteiger partial charge in [-0.3, -0.25) is 14.7 Å². The van der Waals surface area contributed by atoms with Crippen molar-refractivity contribution in [3.8, 4) is 0 Å². The first-order valence-corrected chi connectivity index (χ1v) is 10.6. The van der Waals surface area contributed by atoms with E-state index in [4.69, 9.17) is 4.99 Å². The lowest BCUT2D eigenvalue weighted by Gasteiger charge is -2.22. The van der Waals surface area contributed by atoms with Crippen LogP contribution in [-0.4, -0.2) is 73.0 Å². The molecule has 2 heterocycles. The number of rotatable bonds is 7. The molecule has 6 heteroatoms. The minimum absolute atomic E-state index is 0.324. The van der Waals surface area contributed by atoms with Gasteiger partial charge in [0, 0.05) is 57.8 Å². The van der Waals surface area contributed by atoms with E-state index in [1.807, 2.05) is 4.90 Å². The molecular formula is C20H39N5O. The number of aliphatic imine (C=N–C) groups is 1. The molecule has 0 aromatic rings. The van der Waals surface area contributed by atoms with Crippen LogP contribution in [0.4, 0.5) is 0 Å². The zero-order chi connectivity index (χ0) is 18.9. The van der Waals surface area contributed by atoms with Gasteiger partial charge >= 0.3 is 0 Å². The maximum Gasteiger partial charge on any atom is 0.222 e. The summed E-state index contributed by atoms with van der Waals surface area (Å²) in [6.45, 7) is 14.5. The summed E-state index contributed by atoms with van der Waals surface area (Å²) in [6.07, 6.45) is 5.03. The van der Waals surface area contributed by atoms with Crippen LogP contribution in [-0.2, 0) is 4.79 Å². The Bertz CT molecular complexity index is 465. The van der Waals surface area contributed by atoms with Gasteiger partial charge in [-0.1, -0.05) is 13.3 Å². The Hall–Kier alpha value is -1.30. The van der Waals surface area contributed by atoms with Crippen molar-refractivity contribution in [2.75, 3.05) is 39.3 Å². The van der Waals surface area contributed by atoms with E-state index in [9.17, 15) is 4.79 Å². The van der Waals surface area contributed by atoms with Crippen molar-refractivity contribution in [3.63, 3.8) is 0 Å². The molecule has 0 spiro atoms. The van der Waals surface area contributed by atoms with Gasteiger partial charge in [0.1, 0.15) is 0 Å². The molecule has 2 N–H and O–H groups in total. The lowest BCUT2D eigenvalue weighted by atomic mass is 10.1. The van der Waals surface area contributed by atoms with Crippen LogP contribution in [0.1, 0.15) is 59.8 Å². The molecular weight excluding hydrogens is 326 g/mol. The Labute approximate surface area is 159 Å². The molecule has 6 nitrogen and oxygen atoms in total. The van der Waals surface area contributed by atoms with E-state index < -0.39 is 0 Å². The van der Waals surface area contributed by atoms with Crippen LogP contribution in [0.25, 0.3) is 0 Å². The lowest BCUT2D eigenvalue weighted by molar-refractivity contribution is -0.130. The number of hydrogen-bond donors (Lipinski definition) is 2. The monoisotopic (exact) mass is 365 g/mol. The van der Waals surface area contributed by atoms with Crippen LogP contribution in [0.5, 0.6) is 0 Å². The summed E-state index contributed by atoms with van der Waals surface area (Å²) in [7, 11) is 0. The van der Waals surface area contributed by atoms with Crippen molar-refractivity contribution in [1.29, 1.82) is 0 Å². The second-order valence-corrected chi connectivity index (χ2v) is 8.08. The Morgan fingerprint density at radius 3 is 2.77 bits per heavy atom. The third-order valence-electron chi connectivity index (χ3n) is 5.56. The Morgan fingerprint density at radius 1 is 1.27 bits per heavy atom. The number of hydrogen-bond acceptors (Lipinski definition) is 3. The molecule has 0 bridgehead atoms. The van der Waals surface area contributed by atoms with Gasteiger partial charge in [0.2, 0.25) is 5.91 Å². The summed E-state index contributed by atoms with van der Waals surface area (Å²) < 4.78 is 0. The third-order valence-corrected chi connectivity index (χ3v) is 5.56. The number of amides is 1. The molecule has 0 radical (unpaired) electrons. The van der Waals surface area contributed by atoms with E-state index >= 15 is 0 Å². The van der Waals surface area contributed by atoms with Gasteiger partial charge in [-0.15, -0.1) is 0 Å². The van der Waals surface area contributed by atoms with E-state index in [0.29, 0.717) is 23.9 Å². The van der Waals surface area contributed by atoms with E-state index in [2.05, 4.69) is 43.2 Å². The number of nitrogens with one attached hydrogen (secondary N) is 2. The zero-order valence-electron chi connectivity index (χ0n) is 17.3. The van der Waals surface area contributed by atoms with Crippen molar-refractivity contribution >= 4 is 11.9 Å². The van der Waals surface area contributed by atoms with Crippen LogP contribution < -0.4 is 10.6 Å². The van der Waals surface area contributed by atoms with Gasteiger partial charge in [0.05, 0.1) is 0 Å². The van der Waals surface area contributed by atoms with Gasteiger partial charge < -0.3 is 15.5 Å². The predicted octanol–water partition coefficient (Wildman–Crippen LogP) is 2.06. The predicted molar refractivity (Wildman–Crippen MR) is 108 cm³/mol. The van der Waals surface area contributed by atoms with Gasteiger partial charge in [-0.05, 0) is 46.0 Å². The number of guanidine groups is 1. The first kappa shape index (κ1) is 21.0. The van der Waals surface area contributed by atoms with Crippen molar-refractivity contribution in [3.05, 3.63) is 0 Å². The third kappa shape index (κ3) is 6.45. The highest BCUT2D eigenvalue weighted by Crippen LogP contribution is 2.18. The van der Waals surface area contributed by atoms with Gasteiger partial charge in [-0.25, -0.2) is 0 Å². The lowest BCUT2D eigenvalue weighted by Crippen LogP contribution is -2.47. The van der Waals surface area contributed by atoms with Crippen LogP contribution in [0.15, 0.2) is 4.99 Å². The minimum Gasteiger partial charge on any atom is -0.357 e. The summed E-state index contributed by atoms with van der Waals surface area (Å²) >= 11 is 0. The van der Waals surface area contributed by atoms with Crippen LogP contribution in [0, 0.1) is 5.92 Å². The van der Waals surface area contributed by atoms with E-state index in [1.165, 1.54) is 6.42 Å². The maximum atomic E-state index is 12.1. The molecule has 1 amide bonds. The summed E-state index contributed by atoms with van der Waals surface area (Å²) in [6, 6.07) is 1.04. The highest BCUT2D eigenvalue weighted by molar-refractivity contribution is 5.80. The van der Waals surface area contributed by atoms with Crippen molar-refractivity contribution in [2.45, 2.75) is 71.9 Å². The molecule has 0 aromatic carbocycles. The summed E-state index contributed by atoms with van der Waals surface area (Å²) in [5, 5.41) is 7.00.